The normalized spacial score (nSPS) is 10.5. The van der Waals surface area contributed by atoms with Crippen molar-refractivity contribution in [3.8, 4) is 0 Å². The van der Waals surface area contributed by atoms with Crippen molar-refractivity contribution in [2.45, 2.75) is 13.3 Å². The second kappa shape index (κ2) is 7.56. The van der Waals surface area contributed by atoms with Crippen molar-refractivity contribution in [3.05, 3.63) is 22.4 Å². The van der Waals surface area contributed by atoms with Crippen LogP contribution in [0.4, 0.5) is 0 Å². The van der Waals surface area contributed by atoms with Gasteiger partial charge in [0.1, 0.15) is 6.61 Å². The molecule has 0 saturated carbocycles. The topological polar surface area (TPSA) is 35.5 Å². The summed E-state index contributed by atoms with van der Waals surface area (Å²) in [5.74, 6) is 0.0421. The van der Waals surface area contributed by atoms with Gasteiger partial charge in [0, 0.05) is 6.61 Å². The third kappa shape index (κ3) is 5.06. The standard InChI is InChI=1S/C11H16O3S/c1-2-5-13-6-7-14-9-10(12)11-4-3-8-15-11/h3-4,8H,2,5-7,9H2,1H3. The van der Waals surface area contributed by atoms with Gasteiger partial charge in [0.15, 0.2) is 5.78 Å². The molecule has 0 aromatic carbocycles. The Hall–Kier alpha value is -0.710. The number of ether oxygens (including phenoxy) is 2. The molecule has 0 bridgehead atoms. The fraction of sp³-hybridized carbons (Fsp3) is 0.545. The molecular formula is C11H16O3S. The number of rotatable bonds is 8. The van der Waals surface area contributed by atoms with Crippen LogP contribution in [-0.2, 0) is 9.47 Å². The van der Waals surface area contributed by atoms with Gasteiger partial charge in [-0.05, 0) is 17.9 Å². The lowest BCUT2D eigenvalue weighted by atomic mass is 10.3. The first-order chi connectivity index (χ1) is 7.34. The molecule has 0 saturated heterocycles. The fourth-order valence-corrected chi connectivity index (χ4v) is 1.69. The first-order valence-corrected chi connectivity index (χ1v) is 5.94. The zero-order valence-corrected chi connectivity index (χ0v) is 9.72. The fourth-order valence-electron chi connectivity index (χ4n) is 1.04. The Morgan fingerprint density at radius 1 is 1.33 bits per heavy atom. The molecule has 4 heteroatoms. The van der Waals surface area contributed by atoms with Crippen LogP contribution in [0.2, 0.25) is 0 Å². The van der Waals surface area contributed by atoms with Gasteiger partial charge in [-0.15, -0.1) is 11.3 Å². The van der Waals surface area contributed by atoms with Gasteiger partial charge in [0.25, 0.3) is 0 Å². The minimum Gasteiger partial charge on any atom is -0.379 e. The molecule has 0 radical (unpaired) electrons. The maximum absolute atomic E-state index is 11.4. The van der Waals surface area contributed by atoms with Crippen LogP contribution < -0.4 is 0 Å². The lowest BCUT2D eigenvalue weighted by Crippen LogP contribution is -2.11. The van der Waals surface area contributed by atoms with Gasteiger partial charge in [-0.1, -0.05) is 13.0 Å². The van der Waals surface area contributed by atoms with E-state index in [0.717, 1.165) is 17.9 Å². The molecule has 84 valence electrons. The van der Waals surface area contributed by atoms with E-state index < -0.39 is 0 Å². The van der Waals surface area contributed by atoms with Gasteiger partial charge in [-0.25, -0.2) is 0 Å². The molecule has 0 unspecified atom stereocenters. The van der Waals surface area contributed by atoms with Crippen LogP contribution in [0.1, 0.15) is 23.0 Å². The van der Waals surface area contributed by atoms with Gasteiger partial charge >= 0.3 is 0 Å². The van der Waals surface area contributed by atoms with Crippen LogP contribution in [0.25, 0.3) is 0 Å². The molecule has 1 heterocycles. The summed E-state index contributed by atoms with van der Waals surface area (Å²) in [5.41, 5.74) is 0. The van der Waals surface area contributed by atoms with Crippen LogP contribution in [0, 0.1) is 0 Å². The maximum atomic E-state index is 11.4. The molecular weight excluding hydrogens is 212 g/mol. The summed E-state index contributed by atoms with van der Waals surface area (Å²) in [4.78, 5) is 12.2. The van der Waals surface area contributed by atoms with E-state index in [1.165, 1.54) is 11.3 Å². The Morgan fingerprint density at radius 2 is 2.13 bits per heavy atom. The van der Waals surface area contributed by atoms with Gasteiger partial charge in [0.2, 0.25) is 0 Å². The molecule has 0 aliphatic heterocycles. The van der Waals surface area contributed by atoms with Crippen molar-refractivity contribution in [2.75, 3.05) is 26.4 Å². The number of thiophene rings is 1. The van der Waals surface area contributed by atoms with E-state index in [1.807, 2.05) is 17.5 Å². The summed E-state index contributed by atoms with van der Waals surface area (Å²) in [6.45, 7) is 4.00. The summed E-state index contributed by atoms with van der Waals surface area (Å²) in [5, 5.41) is 1.89. The average molecular weight is 228 g/mol. The van der Waals surface area contributed by atoms with E-state index >= 15 is 0 Å². The lowest BCUT2D eigenvalue weighted by molar-refractivity contribution is 0.0443. The number of carbonyl (C=O) groups excluding carboxylic acids is 1. The van der Waals surface area contributed by atoms with E-state index in [9.17, 15) is 4.79 Å². The molecule has 0 amide bonds. The van der Waals surface area contributed by atoms with Gasteiger partial charge in [-0.2, -0.15) is 0 Å². The van der Waals surface area contributed by atoms with Crippen molar-refractivity contribution < 1.29 is 14.3 Å². The number of carbonyl (C=O) groups is 1. The van der Waals surface area contributed by atoms with Crippen LogP contribution in [0.15, 0.2) is 17.5 Å². The van der Waals surface area contributed by atoms with Crippen molar-refractivity contribution in [2.24, 2.45) is 0 Å². The van der Waals surface area contributed by atoms with E-state index in [0.29, 0.717) is 13.2 Å². The SMILES string of the molecule is CCCOCCOCC(=O)c1cccs1. The Bertz CT molecular complexity index is 269. The molecule has 0 atom stereocenters. The summed E-state index contributed by atoms with van der Waals surface area (Å²) >= 11 is 1.44. The highest BCUT2D eigenvalue weighted by atomic mass is 32.1. The van der Waals surface area contributed by atoms with Crippen molar-refractivity contribution in [3.63, 3.8) is 0 Å². The Morgan fingerprint density at radius 3 is 2.80 bits per heavy atom. The first-order valence-electron chi connectivity index (χ1n) is 5.06. The molecule has 1 aromatic heterocycles. The molecule has 15 heavy (non-hydrogen) atoms. The number of ketones is 1. The highest BCUT2D eigenvalue weighted by Gasteiger charge is 2.05. The van der Waals surface area contributed by atoms with Crippen LogP contribution in [0.3, 0.4) is 0 Å². The second-order valence-electron chi connectivity index (χ2n) is 3.07. The quantitative estimate of drug-likeness (QED) is 0.506. The van der Waals surface area contributed by atoms with Crippen LogP contribution in [0.5, 0.6) is 0 Å². The molecule has 3 nitrogen and oxygen atoms in total. The Kier molecular flexibility index (Phi) is 6.23. The van der Waals surface area contributed by atoms with Crippen LogP contribution >= 0.6 is 11.3 Å². The third-order valence-corrected chi connectivity index (χ3v) is 2.66. The molecule has 0 fully saturated rings. The van der Waals surface area contributed by atoms with E-state index in [-0.39, 0.29) is 12.4 Å². The maximum Gasteiger partial charge on any atom is 0.198 e. The molecule has 0 spiro atoms. The number of Topliss-reactive ketones (excluding diaryl/α,β-unsaturated/α-hetero) is 1. The van der Waals surface area contributed by atoms with E-state index in [2.05, 4.69) is 6.92 Å². The third-order valence-electron chi connectivity index (χ3n) is 1.75. The average Bonchev–Trinajstić information content (AvgIpc) is 2.76. The summed E-state index contributed by atoms with van der Waals surface area (Å²) in [7, 11) is 0. The predicted octanol–water partition coefficient (Wildman–Crippen LogP) is 2.37. The first kappa shape index (κ1) is 12.4. The molecule has 1 rings (SSSR count). The molecule has 0 N–H and O–H groups in total. The summed E-state index contributed by atoms with van der Waals surface area (Å²) < 4.78 is 10.4. The van der Waals surface area contributed by atoms with Gasteiger partial charge in [-0.3, -0.25) is 4.79 Å². The largest absolute Gasteiger partial charge is 0.379 e. The van der Waals surface area contributed by atoms with Crippen molar-refractivity contribution in [1.82, 2.24) is 0 Å². The van der Waals surface area contributed by atoms with Crippen molar-refractivity contribution >= 4 is 17.1 Å². The lowest BCUT2D eigenvalue weighted by Gasteiger charge is -2.03. The van der Waals surface area contributed by atoms with Gasteiger partial charge < -0.3 is 9.47 Å². The summed E-state index contributed by atoms with van der Waals surface area (Å²) in [6, 6.07) is 3.67. The number of hydrogen-bond acceptors (Lipinski definition) is 4. The Labute approximate surface area is 94.0 Å². The molecule has 0 aliphatic rings. The second-order valence-corrected chi connectivity index (χ2v) is 4.01. The predicted molar refractivity (Wildman–Crippen MR) is 60.6 cm³/mol. The Balaban J connectivity index is 2.03. The number of hydrogen-bond donors (Lipinski definition) is 0. The zero-order valence-electron chi connectivity index (χ0n) is 8.90. The monoisotopic (exact) mass is 228 g/mol. The zero-order chi connectivity index (χ0) is 10.9. The molecule has 1 aromatic rings. The minimum atomic E-state index is 0.0421. The minimum absolute atomic E-state index is 0.0421. The molecule has 0 aliphatic carbocycles. The van der Waals surface area contributed by atoms with E-state index in [4.69, 9.17) is 9.47 Å². The van der Waals surface area contributed by atoms with Crippen molar-refractivity contribution in [1.29, 1.82) is 0 Å². The summed E-state index contributed by atoms with van der Waals surface area (Å²) in [6.07, 6.45) is 1.01. The van der Waals surface area contributed by atoms with E-state index in [1.54, 1.807) is 0 Å². The highest BCUT2D eigenvalue weighted by Crippen LogP contribution is 2.08. The smallest absolute Gasteiger partial charge is 0.198 e. The van der Waals surface area contributed by atoms with Crippen LogP contribution in [-0.4, -0.2) is 32.2 Å². The van der Waals surface area contributed by atoms with Gasteiger partial charge in [0.05, 0.1) is 18.1 Å². The highest BCUT2D eigenvalue weighted by molar-refractivity contribution is 7.12.